The van der Waals surface area contributed by atoms with Crippen molar-refractivity contribution >= 4 is 43.5 Å². The minimum Gasteiger partial charge on any atom is -0.398 e. The molecule has 0 unspecified atom stereocenters. The monoisotopic (exact) mass is 332 g/mol. The molecule has 0 saturated heterocycles. The van der Waals surface area contributed by atoms with Gasteiger partial charge in [-0.25, -0.2) is 0 Å². The molecular weight excluding hydrogens is 324 g/mol. The van der Waals surface area contributed by atoms with Crippen LogP contribution < -0.4 is 5.73 Å². The Hall–Kier alpha value is -2.08. The van der Waals surface area contributed by atoms with Crippen molar-refractivity contribution in [3.63, 3.8) is 0 Å². The van der Waals surface area contributed by atoms with Crippen LogP contribution in [0, 0.1) is 5.41 Å². The van der Waals surface area contributed by atoms with Gasteiger partial charge in [-0.3, -0.25) is 19.3 Å². The average Bonchev–Trinajstić information content (AvgIpc) is 2.30. The highest BCUT2D eigenvalue weighted by molar-refractivity contribution is 7.91. The Balaban J connectivity index is 2.88. The van der Waals surface area contributed by atoms with Gasteiger partial charge in [-0.2, -0.15) is 16.8 Å². The van der Waals surface area contributed by atoms with Crippen molar-refractivity contribution in [2.45, 2.75) is 4.90 Å². The standard InChI is InChI=1S/C10H8N2O7S2/c11-6-3-5(20(14,15)16)1-4-2-7(21(17,18)19)9(12)10(13)8(4)6/h1-3,12H,11H2,(H,14,15,16)(H,17,18,19). The van der Waals surface area contributed by atoms with Crippen molar-refractivity contribution in [1.82, 2.24) is 0 Å². The number of carbonyl (C=O) groups excluding carboxylic acids is 1. The van der Waals surface area contributed by atoms with Gasteiger partial charge in [-0.15, -0.1) is 0 Å². The highest BCUT2D eigenvalue weighted by atomic mass is 32.2. The SMILES string of the molecule is N=C1C(=O)c2c(N)cc(S(=O)(=O)O)cc2C=C1S(=O)(=O)O. The second-order valence-corrected chi connectivity index (χ2v) is 6.95. The van der Waals surface area contributed by atoms with Crippen LogP contribution in [0.1, 0.15) is 15.9 Å². The van der Waals surface area contributed by atoms with Crippen molar-refractivity contribution in [1.29, 1.82) is 5.41 Å². The molecule has 1 aromatic rings. The lowest BCUT2D eigenvalue weighted by Crippen LogP contribution is -2.26. The molecule has 0 aliphatic heterocycles. The maximum Gasteiger partial charge on any atom is 0.296 e. The molecule has 21 heavy (non-hydrogen) atoms. The molecule has 0 fully saturated rings. The quantitative estimate of drug-likeness (QED) is 0.430. The molecule has 1 aromatic carbocycles. The summed E-state index contributed by atoms with van der Waals surface area (Å²) < 4.78 is 62.3. The molecule has 2 rings (SSSR count). The number of Topliss-reactive ketones (excluding diaryl/α,β-unsaturated/α-hetero) is 1. The first kappa shape index (κ1) is 15.3. The van der Waals surface area contributed by atoms with E-state index in [2.05, 4.69) is 0 Å². The number of fused-ring (bicyclic) bond motifs is 1. The third-order valence-corrected chi connectivity index (χ3v) is 4.44. The third kappa shape index (κ3) is 2.58. The molecule has 0 heterocycles. The van der Waals surface area contributed by atoms with E-state index in [0.717, 1.165) is 18.2 Å². The smallest absolute Gasteiger partial charge is 0.296 e. The zero-order valence-corrected chi connectivity index (χ0v) is 11.7. The van der Waals surface area contributed by atoms with Gasteiger partial charge in [0.1, 0.15) is 10.6 Å². The summed E-state index contributed by atoms with van der Waals surface area (Å²) >= 11 is 0. The minimum atomic E-state index is -4.85. The van der Waals surface area contributed by atoms with Crippen molar-refractivity contribution in [2.24, 2.45) is 0 Å². The number of nitrogens with one attached hydrogen (secondary N) is 1. The number of anilines is 1. The van der Waals surface area contributed by atoms with E-state index in [4.69, 9.17) is 20.2 Å². The second-order valence-electron chi connectivity index (χ2n) is 4.14. The molecule has 1 aliphatic carbocycles. The van der Waals surface area contributed by atoms with Gasteiger partial charge in [0, 0.05) is 5.69 Å². The lowest BCUT2D eigenvalue weighted by molar-refractivity contribution is 0.106. The van der Waals surface area contributed by atoms with E-state index in [9.17, 15) is 21.6 Å². The molecule has 9 nitrogen and oxygen atoms in total. The molecule has 5 N–H and O–H groups in total. The Labute approximate surface area is 119 Å². The number of nitrogen functional groups attached to an aromatic ring is 1. The van der Waals surface area contributed by atoms with Gasteiger partial charge < -0.3 is 5.73 Å². The van der Waals surface area contributed by atoms with E-state index >= 15 is 0 Å². The van der Waals surface area contributed by atoms with Crippen LogP contribution in [0.2, 0.25) is 0 Å². The van der Waals surface area contributed by atoms with E-state index < -0.39 is 41.5 Å². The van der Waals surface area contributed by atoms with Crippen molar-refractivity contribution < 1.29 is 30.7 Å². The number of carbonyl (C=O) groups is 1. The van der Waals surface area contributed by atoms with E-state index in [1.165, 1.54) is 0 Å². The highest BCUT2D eigenvalue weighted by Crippen LogP contribution is 2.31. The fraction of sp³-hybridized carbons (Fsp3) is 0. The number of ketones is 1. The van der Waals surface area contributed by atoms with E-state index in [-0.39, 0.29) is 16.8 Å². The molecule has 0 spiro atoms. The van der Waals surface area contributed by atoms with Crippen molar-refractivity contribution in [3.8, 4) is 0 Å². The van der Waals surface area contributed by atoms with Crippen LogP contribution in [0.25, 0.3) is 6.08 Å². The molecular formula is C10H8N2O7S2. The largest absolute Gasteiger partial charge is 0.398 e. The van der Waals surface area contributed by atoms with Gasteiger partial charge in [0.25, 0.3) is 20.2 Å². The number of rotatable bonds is 2. The van der Waals surface area contributed by atoms with Crippen LogP contribution in [-0.4, -0.2) is 37.4 Å². The summed E-state index contributed by atoms with van der Waals surface area (Å²) in [6, 6.07) is 1.63. The fourth-order valence-electron chi connectivity index (χ4n) is 1.84. The van der Waals surface area contributed by atoms with Crippen LogP contribution in [0.3, 0.4) is 0 Å². The number of hydrogen-bond acceptors (Lipinski definition) is 7. The number of hydrogen-bond donors (Lipinski definition) is 4. The first-order chi connectivity index (χ1) is 9.43. The maximum absolute atomic E-state index is 11.9. The first-order valence-electron chi connectivity index (χ1n) is 5.16. The Morgan fingerprint density at radius 2 is 1.62 bits per heavy atom. The van der Waals surface area contributed by atoms with Crippen LogP contribution in [0.5, 0.6) is 0 Å². The van der Waals surface area contributed by atoms with E-state index in [0.29, 0.717) is 0 Å². The maximum atomic E-state index is 11.9. The number of allylic oxidation sites excluding steroid dienone is 1. The van der Waals surface area contributed by atoms with E-state index in [1.54, 1.807) is 0 Å². The molecule has 0 atom stereocenters. The normalized spacial score (nSPS) is 15.6. The van der Waals surface area contributed by atoms with Crippen LogP contribution in [-0.2, 0) is 20.2 Å². The van der Waals surface area contributed by atoms with Gasteiger partial charge in [0.05, 0.1) is 10.5 Å². The molecule has 11 heteroatoms. The minimum absolute atomic E-state index is 0.240. The zero-order chi connectivity index (χ0) is 16.2. The molecule has 0 radical (unpaired) electrons. The number of nitrogens with two attached hydrogens (primary N) is 1. The van der Waals surface area contributed by atoms with Crippen molar-refractivity contribution in [3.05, 3.63) is 28.2 Å². The summed E-state index contributed by atoms with van der Waals surface area (Å²) in [4.78, 5) is 10.3. The Kier molecular flexibility index (Phi) is 3.25. The predicted molar refractivity (Wildman–Crippen MR) is 72.3 cm³/mol. The molecule has 0 saturated carbocycles. The second kappa shape index (κ2) is 4.46. The van der Waals surface area contributed by atoms with Crippen molar-refractivity contribution in [2.75, 3.05) is 5.73 Å². The summed E-state index contributed by atoms with van der Waals surface area (Å²) in [7, 11) is -9.48. The summed E-state index contributed by atoms with van der Waals surface area (Å²) in [6.07, 6.45) is 0.736. The fourth-order valence-corrected chi connectivity index (χ4v) is 3.02. The lowest BCUT2D eigenvalue weighted by Gasteiger charge is -2.17. The lowest BCUT2D eigenvalue weighted by atomic mass is 9.93. The molecule has 1 aliphatic rings. The number of benzene rings is 1. The third-order valence-electron chi connectivity index (χ3n) is 2.74. The zero-order valence-electron chi connectivity index (χ0n) is 10.1. The summed E-state index contributed by atoms with van der Waals surface area (Å²) in [5.74, 6) is -1.08. The molecule has 0 amide bonds. The molecule has 0 bridgehead atoms. The van der Waals surface area contributed by atoms with Gasteiger partial charge in [0.15, 0.2) is 0 Å². The first-order valence-corrected chi connectivity index (χ1v) is 8.05. The van der Waals surface area contributed by atoms with Gasteiger partial charge in [0.2, 0.25) is 5.78 Å². The average molecular weight is 332 g/mol. The van der Waals surface area contributed by atoms with Gasteiger partial charge in [-0.05, 0) is 23.8 Å². The van der Waals surface area contributed by atoms with Gasteiger partial charge in [-0.1, -0.05) is 0 Å². The highest BCUT2D eigenvalue weighted by Gasteiger charge is 2.33. The molecule has 112 valence electrons. The van der Waals surface area contributed by atoms with Crippen LogP contribution >= 0.6 is 0 Å². The summed E-state index contributed by atoms with van der Waals surface area (Å²) in [5, 5.41) is 7.43. The van der Waals surface area contributed by atoms with Gasteiger partial charge >= 0.3 is 0 Å². The predicted octanol–water partition coefficient (Wildman–Crippen LogP) is -0.0397. The Morgan fingerprint density at radius 1 is 1.05 bits per heavy atom. The van der Waals surface area contributed by atoms with E-state index in [1.807, 2.05) is 0 Å². The summed E-state index contributed by atoms with van der Waals surface area (Å²) in [6.45, 7) is 0. The summed E-state index contributed by atoms with van der Waals surface area (Å²) in [5.41, 5.74) is 3.66. The molecule has 0 aromatic heterocycles. The Bertz CT molecular complexity index is 926. The Morgan fingerprint density at radius 3 is 2.10 bits per heavy atom. The topological polar surface area (TPSA) is 176 Å². The van der Waals surface area contributed by atoms with Crippen LogP contribution in [0.4, 0.5) is 5.69 Å². The van der Waals surface area contributed by atoms with Crippen LogP contribution in [0.15, 0.2) is 21.9 Å².